The second kappa shape index (κ2) is 4.06. The van der Waals surface area contributed by atoms with E-state index in [4.69, 9.17) is 10.5 Å². The van der Waals surface area contributed by atoms with E-state index >= 15 is 0 Å². The SMILES string of the molecule is CCOC(=O)c1c(N)nsc1NC1CC1. The van der Waals surface area contributed by atoms with Crippen molar-refractivity contribution in [2.24, 2.45) is 0 Å². The highest BCUT2D eigenvalue weighted by atomic mass is 32.1. The molecule has 0 unspecified atom stereocenters. The lowest BCUT2D eigenvalue weighted by Gasteiger charge is -2.04. The number of hydrogen-bond acceptors (Lipinski definition) is 6. The quantitative estimate of drug-likeness (QED) is 0.762. The van der Waals surface area contributed by atoms with Crippen molar-refractivity contribution in [3.63, 3.8) is 0 Å². The first kappa shape index (κ1) is 10.2. The molecule has 1 saturated carbocycles. The van der Waals surface area contributed by atoms with Gasteiger partial charge in [-0.15, -0.1) is 0 Å². The second-order valence-electron chi connectivity index (χ2n) is 3.41. The van der Waals surface area contributed by atoms with Gasteiger partial charge in [-0.25, -0.2) is 4.79 Å². The highest BCUT2D eigenvalue weighted by Gasteiger charge is 2.27. The van der Waals surface area contributed by atoms with Crippen molar-refractivity contribution in [2.75, 3.05) is 17.7 Å². The third-order valence-corrected chi connectivity index (χ3v) is 2.90. The van der Waals surface area contributed by atoms with E-state index in [9.17, 15) is 4.79 Å². The van der Waals surface area contributed by atoms with Crippen molar-refractivity contribution in [1.29, 1.82) is 0 Å². The lowest BCUT2D eigenvalue weighted by atomic mass is 10.3. The molecule has 15 heavy (non-hydrogen) atoms. The zero-order chi connectivity index (χ0) is 10.8. The molecule has 5 nitrogen and oxygen atoms in total. The van der Waals surface area contributed by atoms with E-state index in [2.05, 4.69) is 9.69 Å². The molecule has 1 aromatic heterocycles. The number of carbonyl (C=O) groups excluding carboxylic acids is 1. The lowest BCUT2D eigenvalue weighted by Crippen LogP contribution is -2.10. The molecule has 0 bridgehead atoms. The summed E-state index contributed by atoms with van der Waals surface area (Å²) in [4.78, 5) is 11.6. The molecule has 0 spiro atoms. The number of esters is 1. The lowest BCUT2D eigenvalue weighted by molar-refractivity contribution is 0.0529. The van der Waals surface area contributed by atoms with E-state index in [1.54, 1.807) is 6.92 Å². The summed E-state index contributed by atoms with van der Waals surface area (Å²) in [6.07, 6.45) is 2.28. The van der Waals surface area contributed by atoms with Crippen LogP contribution in [0.3, 0.4) is 0 Å². The van der Waals surface area contributed by atoms with Crippen LogP contribution in [-0.2, 0) is 4.74 Å². The average Bonchev–Trinajstić information content (AvgIpc) is 2.91. The Morgan fingerprint density at radius 2 is 2.47 bits per heavy atom. The standard InChI is InChI=1S/C9H13N3O2S/c1-2-14-9(13)6-7(10)12-15-8(6)11-5-3-4-5/h5,11H,2-4H2,1H3,(H2,10,12). The molecule has 6 heteroatoms. The summed E-state index contributed by atoms with van der Waals surface area (Å²) in [6, 6.07) is 0.470. The first-order valence-electron chi connectivity index (χ1n) is 4.91. The van der Waals surface area contributed by atoms with Crippen molar-refractivity contribution in [2.45, 2.75) is 25.8 Å². The fourth-order valence-electron chi connectivity index (χ4n) is 1.21. The van der Waals surface area contributed by atoms with Gasteiger partial charge in [0.2, 0.25) is 0 Å². The zero-order valence-corrected chi connectivity index (χ0v) is 9.26. The van der Waals surface area contributed by atoms with Crippen LogP contribution in [0.25, 0.3) is 0 Å². The number of carbonyl (C=O) groups is 1. The second-order valence-corrected chi connectivity index (χ2v) is 4.18. The fourth-order valence-corrected chi connectivity index (χ4v) is 1.99. The van der Waals surface area contributed by atoms with Gasteiger partial charge in [0, 0.05) is 6.04 Å². The minimum Gasteiger partial charge on any atom is -0.462 e. The van der Waals surface area contributed by atoms with Crippen molar-refractivity contribution in [3.05, 3.63) is 5.56 Å². The first-order valence-corrected chi connectivity index (χ1v) is 5.68. The van der Waals surface area contributed by atoms with Crippen LogP contribution in [0.15, 0.2) is 0 Å². The third-order valence-electron chi connectivity index (χ3n) is 2.11. The monoisotopic (exact) mass is 227 g/mol. The number of nitrogens with two attached hydrogens (primary N) is 1. The van der Waals surface area contributed by atoms with Crippen LogP contribution in [0.1, 0.15) is 30.1 Å². The summed E-state index contributed by atoms with van der Waals surface area (Å²) in [5.41, 5.74) is 6.01. The number of aromatic nitrogens is 1. The molecule has 0 saturated heterocycles. The van der Waals surface area contributed by atoms with Crippen LogP contribution < -0.4 is 11.1 Å². The Morgan fingerprint density at radius 1 is 1.73 bits per heavy atom. The minimum absolute atomic E-state index is 0.251. The Bertz CT molecular complexity index is 373. The number of nitrogens with zero attached hydrogens (tertiary/aromatic N) is 1. The highest BCUT2D eigenvalue weighted by Crippen LogP contribution is 2.32. The number of nitrogens with one attached hydrogen (secondary N) is 1. The van der Waals surface area contributed by atoms with Gasteiger partial charge in [0.25, 0.3) is 0 Å². The van der Waals surface area contributed by atoms with Crippen LogP contribution in [0, 0.1) is 0 Å². The molecule has 0 radical (unpaired) electrons. The Morgan fingerprint density at radius 3 is 3.07 bits per heavy atom. The van der Waals surface area contributed by atoms with Crippen LogP contribution in [0.4, 0.5) is 10.8 Å². The molecule has 1 aromatic rings. The molecule has 1 aliphatic carbocycles. The van der Waals surface area contributed by atoms with E-state index in [-0.39, 0.29) is 5.82 Å². The van der Waals surface area contributed by atoms with Crippen LogP contribution in [0.5, 0.6) is 0 Å². The molecular weight excluding hydrogens is 214 g/mol. The fraction of sp³-hybridized carbons (Fsp3) is 0.556. The molecule has 3 N–H and O–H groups in total. The van der Waals surface area contributed by atoms with Crippen molar-refractivity contribution in [1.82, 2.24) is 4.37 Å². The number of nitrogen functional groups attached to an aromatic ring is 1. The molecule has 0 atom stereocenters. The maximum Gasteiger partial charge on any atom is 0.344 e. The van der Waals surface area contributed by atoms with Gasteiger partial charge in [-0.2, -0.15) is 4.37 Å². The molecule has 2 rings (SSSR count). The molecule has 82 valence electrons. The molecule has 0 amide bonds. The summed E-state index contributed by atoms with van der Waals surface area (Å²) in [7, 11) is 0. The third kappa shape index (κ3) is 2.20. The number of ether oxygens (including phenoxy) is 1. The van der Waals surface area contributed by atoms with Gasteiger partial charge < -0.3 is 15.8 Å². The van der Waals surface area contributed by atoms with Gasteiger partial charge in [0.15, 0.2) is 5.82 Å². The Balaban J connectivity index is 2.18. The summed E-state index contributed by atoms with van der Waals surface area (Å²) in [5.74, 6) is -0.145. The normalized spacial score (nSPS) is 15.0. The molecule has 1 heterocycles. The van der Waals surface area contributed by atoms with Gasteiger partial charge in [0.05, 0.1) is 6.61 Å². The zero-order valence-electron chi connectivity index (χ0n) is 8.45. The minimum atomic E-state index is -0.396. The van der Waals surface area contributed by atoms with Gasteiger partial charge in [0.1, 0.15) is 10.6 Å². The number of anilines is 2. The maximum atomic E-state index is 11.6. The van der Waals surface area contributed by atoms with E-state index < -0.39 is 5.97 Å². The maximum absolute atomic E-state index is 11.6. The molecule has 0 aromatic carbocycles. The summed E-state index contributed by atoms with van der Waals surface area (Å²) >= 11 is 1.21. The Labute approximate surface area is 91.8 Å². The number of rotatable bonds is 4. The predicted molar refractivity (Wildman–Crippen MR) is 59.1 cm³/mol. The van der Waals surface area contributed by atoms with Gasteiger partial charge in [-0.3, -0.25) is 0 Å². The van der Waals surface area contributed by atoms with E-state index in [1.165, 1.54) is 11.5 Å². The first-order chi connectivity index (χ1) is 7.22. The van der Waals surface area contributed by atoms with Gasteiger partial charge in [-0.05, 0) is 31.3 Å². The van der Waals surface area contributed by atoms with E-state index in [0.717, 1.165) is 17.8 Å². The van der Waals surface area contributed by atoms with Crippen LogP contribution >= 0.6 is 11.5 Å². The molecule has 1 aliphatic rings. The largest absolute Gasteiger partial charge is 0.462 e. The van der Waals surface area contributed by atoms with Crippen LogP contribution in [-0.4, -0.2) is 23.0 Å². The Hall–Kier alpha value is -1.30. The summed E-state index contributed by atoms with van der Waals surface area (Å²) < 4.78 is 8.87. The van der Waals surface area contributed by atoms with Crippen molar-refractivity contribution < 1.29 is 9.53 Å². The molecular formula is C9H13N3O2S. The summed E-state index contributed by atoms with van der Waals surface area (Å²) in [5, 5.41) is 3.95. The van der Waals surface area contributed by atoms with Crippen LogP contribution in [0.2, 0.25) is 0 Å². The Kier molecular flexibility index (Phi) is 2.77. The topological polar surface area (TPSA) is 77.2 Å². The van der Waals surface area contributed by atoms with Crippen molar-refractivity contribution >= 4 is 28.3 Å². The number of hydrogen-bond donors (Lipinski definition) is 2. The van der Waals surface area contributed by atoms with E-state index in [1.807, 2.05) is 0 Å². The van der Waals surface area contributed by atoms with Crippen molar-refractivity contribution in [3.8, 4) is 0 Å². The highest BCUT2D eigenvalue weighted by molar-refractivity contribution is 7.11. The molecule has 1 fully saturated rings. The smallest absolute Gasteiger partial charge is 0.344 e. The van der Waals surface area contributed by atoms with Gasteiger partial charge in [-0.1, -0.05) is 0 Å². The predicted octanol–water partition coefficient (Wildman–Crippen LogP) is 1.48. The average molecular weight is 227 g/mol. The molecule has 0 aliphatic heterocycles. The van der Waals surface area contributed by atoms with E-state index in [0.29, 0.717) is 18.2 Å². The van der Waals surface area contributed by atoms with Gasteiger partial charge >= 0.3 is 5.97 Å². The summed E-state index contributed by atoms with van der Waals surface area (Å²) in [6.45, 7) is 2.11.